The summed E-state index contributed by atoms with van der Waals surface area (Å²) in [6.07, 6.45) is 4.19. The first-order chi connectivity index (χ1) is 14.1. The number of hydrogen-bond donors (Lipinski definition) is 1. The van der Waals surface area contributed by atoms with Gasteiger partial charge in [-0.3, -0.25) is 14.0 Å². The monoisotopic (exact) mass is 391 g/mol. The van der Waals surface area contributed by atoms with E-state index in [1.54, 1.807) is 6.07 Å². The van der Waals surface area contributed by atoms with E-state index in [4.69, 9.17) is 0 Å². The Morgan fingerprint density at radius 1 is 1.14 bits per heavy atom. The second-order valence-corrected chi connectivity index (χ2v) is 7.49. The number of nitrogens with one attached hydrogen (secondary N) is 1. The van der Waals surface area contributed by atoms with Crippen molar-refractivity contribution in [3.63, 3.8) is 0 Å². The van der Waals surface area contributed by atoms with Crippen molar-refractivity contribution in [3.05, 3.63) is 65.6 Å². The Hall–Kier alpha value is -3.22. The predicted octanol–water partition coefficient (Wildman–Crippen LogP) is 2.56. The lowest BCUT2D eigenvalue weighted by Gasteiger charge is -2.32. The molecule has 29 heavy (non-hydrogen) atoms. The molecule has 7 nitrogen and oxygen atoms in total. The van der Waals surface area contributed by atoms with E-state index >= 15 is 0 Å². The molecule has 1 saturated heterocycles. The van der Waals surface area contributed by atoms with E-state index in [1.165, 1.54) is 0 Å². The molecule has 1 aliphatic rings. The van der Waals surface area contributed by atoms with Crippen molar-refractivity contribution < 1.29 is 9.59 Å². The normalized spacial score (nSPS) is 16.7. The first kappa shape index (κ1) is 19.1. The van der Waals surface area contributed by atoms with Crippen LogP contribution in [0.4, 0.5) is 0 Å². The van der Waals surface area contributed by atoms with Crippen LogP contribution in [0.1, 0.15) is 46.9 Å². The number of carbonyl (C=O) groups is 2. The Morgan fingerprint density at radius 2 is 1.97 bits per heavy atom. The largest absolute Gasteiger partial charge is 0.352 e. The fourth-order valence-electron chi connectivity index (χ4n) is 3.92. The van der Waals surface area contributed by atoms with E-state index in [2.05, 4.69) is 15.5 Å². The standard InChI is InChI=1S/C22H25N5O2/c1-16-7-2-3-9-18(16)22(29)23-12-11-20(28)26-13-6-8-17(15-26)21-25-24-19-10-4-5-14-27(19)21/h2-5,7,9-10,14,17H,6,8,11-13,15H2,1H3,(H,23,29). The molecule has 7 heteroatoms. The summed E-state index contributed by atoms with van der Waals surface area (Å²) in [5, 5.41) is 11.4. The number of aryl methyl sites for hydroxylation is 1. The fraction of sp³-hybridized carbons (Fsp3) is 0.364. The lowest BCUT2D eigenvalue weighted by atomic mass is 9.97. The molecule has 1 aliphatic heterocycles. The van der Waals surface area contributed by atoms with Crippen LogP contribution < -0.4 is 5.32 Å². The van der Waals surface area contributed by atoms with Gasteiger partial charge in [0.05, 0.1) is 0 Å². The minimum atomic E-state index is -0.137. The Morgan fingerprint density at radius 3 is 2.83 bits per heavy atom. The molecule has 1 unspecified atom stereocenters. The van der Waals surface area contributed by atoms with E-state index in [9.17, 15) is 9.59 Å². The number of fused-ring (bicyclic) bond motifs is 1. The van der Waals surface area contributed by atoms with Gasteiger partial charge in [-0.05, 0) is 43.5 Å². The van der Waals surface area contributed by atoms with Crippen molar-refractivity contribution in [1.82, 2.24) is 24.8 Å². The van der Waals surface area contributed by atoms with Crippen LogP contribution in [0.5, 0.6) is 0 Å². The van der Waals surface area contributed by atoms with Gasteiger partial charge >= 0.3 is 0 Å². The van der Waals surface area contributed by atoms with Crippen molar-refractivity contribution in [2.24, 2.45) is 0 Å². The highest BCUT2D eigenvalue weighted by Crippen LogP contribution is 2.26. The molecule has 1 N–H and O–H groups in total. The Labute approximate surface area is 169 Å². The quantitative estimate of drug-likeness (QED) is 0.725. The van der Waals surface area contributed by atoms with Gasteiger partial charge in [0, 0.05) is 43.7 Å². The zero-order chi connectivity index (χ0) is 20.2. The van der Waals surface area contributed by atoms with Crippen molar-refractivity contribution in [2.75, 3.05) is 19.6 Å². The first-order valence-electron chi connectivity index (χ1n) is 10.0. The molecule has 1 aromatic carbocycles. The number of nitrogens with zero attached hydrogens (tertiary/aromatic N) is 4. The molecule has 1 fully saturated rings. The topological polar surface area (TPSA) is 79.6 Å². The highest BCUT2D eigenvalue weighted by Gasteiger charge is 2.27. The number of piperidine rings is 1. The molecule has 0 spiro atoms. The van der Waals surface area contributed by atoms with Gasteiger partial charge in [0.25, 0.3) is 5.91 Å². The molecule has 2 amide bonds. The van der Waals surface area contributed by atoms with Gasteiger partial charge in [-0.1, -0.05) is 24.3 Å². The number of aromatic nitrogens is 3. The number of rotatable bonds is 5. The molecule has 150 valence electrons. The maximum Gasteiger partial charge on any atom is 0.251 e. The Bertz CT molecular complexity index is 1030. The fourth-order valence-corrected chi connectivity index (χ4v) is 3.92. The summed E-state index contributed by atoms with van der Waals surface area (Å²) in [4.78, 5) is 26.9. The van der Waals surface area contributed by atoms with Crippen LogP contribution in [0.25, 0.3) is 5.65 Å². The van der Waals surface area contributed by atoms with E-state index in [1.807, 2.05) is 58.8 Å². The Kier molecular flexibility index (Phi) is 5.55. The maximum absolute atomic E-state index is 12.7. The number of amides is 2. The summed E-state index contributed by atoms with van der Waals surface area (Å²) >= 11 is 0. The van der Waals surface area contributed by atoms with Crippen molar-refractivity contribution in [3.8, 4) is 0 Å². The average Bonchev–Trinajstić information content (AvgIpc) is 3.18. The van der Waals surface area contributed by atoms with Crippen LogP contribution in [0.2, 0.25) is 0 Å². The van der Waals surface area contributed by atoms with Crippen molar-refractivity contribution in [2.45, 2.75) is 32.1 Å². The van der Waals surface area contributed by atoms with Gasteiger partial charge < -0.3 is 10.2 Å². The third-order valence-corrected chi connectivity index (χ3v) is 5.49. The van der Waals surface area contributed by atoms with Crippen molar-refractivity contribution >= 4 is 17.5 Å². The van der Waals surface area contributed by atoms with E-state index < -0.39 is 0 Å². The highest BCUT2D eigenvalue weighted by molar-refractivity contribution is 5.95. The third kappa shape index (κ3) is 4.13. The summed E-state index contributed by atoms with van der Waals surface area (Å²) in [5.41, 5.74) is 2.40. The minimum Gasteiger partial charge on any atom is -0.352 e. The molecular weight excluding hydrogens is 366 g/mol. The molecule has 1 atom stereocenters. The second kappa shape index (κ2) is 8.43. The molecule has 0 radical (unpaired) electrons. The number of carbonyl (C=O) groups excluding carboxylic acids is 2. The molecule has 3 heterocycles. The molecular formula is C22H25N5O2. The molecule has 2 aromatic heterocycles. The van der Waals surface area contributed by atoms with E-state index in [0.717, 1.165) is 36.4 Å². The summed E-state index contributed by atoms with van der Waals surface area (Å²) in [5.74, 6) is 1.01. The smallest absolute Gasteiger partial charge is 0.251 e. The van der Waals surface area contributed by atoms with Crippen LogP contribution in [-0.4, -0.2) is 50.9 Å². The van der Waals surface area contributed by atoms with Gasteiger partial charge in [0.2, 0.25) is 5.91 Å². The van der Waals surface area contributed by atoms with Gasteiger partial charge in [0.1, 0.15) is 5.82 Å². The van der Waals surface area contributed by atoms with E-state index in [-0.39, 0.29) is 17.7 Å². The summed E-state index contributed by atoms with van der Waals surface area (Å²) < 4.78 is 2.00. The second-order valence-electron chi connectivity index (χ2n) is 7.49. The van der Waals surface area contributed by atoms with Crippen LogP contribution in [0, 0.1) is 6.92 Å². The number of benzene rings is 1. The van der Waals surface area contributed by atoms with Gasteiger partial charge in [0.15, 0.2) is 5.65 Å². The van der Waals surface area contributed by atoms with Gasteiger partial charge in [-0.2, -0.15) is 0 Å². The summed E-state index contributed by atoms with van der Waals surface area (Å²) in [6, 6.07) is 13.3. The number of likely N-dealkylation sites (tertiary alicyclic amines) is 1. The summed E-state index contributed by atoms with van der Waals surface area (Å²) in [7, 11) is 0. The first-order valence-corrected chi connectivity index (χ1v) is 10.0. The molecule has 4 rings (SSSR count). The molecule has 0 aliphatic carbocycles. The number of pyridine rings is 1. The average molecular weight is 391 g/mol. The van der Waals surface area contributed by atoms with Crippen molar-refractivity contribution in [1.29, 1.82) is 0 Å². The molecule has 3 aromatic rings. The van der Waals surface area contributed by atoms with Gasteiger partial charge in [-0.25, -0.2) is 0 Å². The van der Waals surface area contributed by atoms with Crippen LogP contribution in [-0.2, 0) is 4.79 Å². The minimum absolute atomic E-state index is 0.0635. The third-order valence-electron chi connectivity index (χ3n) is 5.49. The van der Waals surface area contributed by atoms with Gasteiger partial charge in [-0.15, -0.1) is 10.2 Å². The van der Waals surface area contributed by atoms with E-state index in [0.29, 0.717) is 25.1 Å². The summed E-state index contributed by atoms with van der Waals surface area (Å²) in [6.45, 7) is 3.63. The lowest BCUT2D eigenvalue weighted by Crippen LogP contribution is -2.41. The lowest BCUT2D eigenvalue weighted by molar-refractivity contribution is -0.132. The Balaban J connectivity index is 1.33. The van der Waals surface area contributed by atoms with Crippen LogP contribution >= 0.6 is 0 Å². The number of hydrogen-bond acceptors (Lipinski definition) is 4. The predicted molar refractivity (Wildman–Crippen MR) is 110 cm³/mol. The zero-order valence-electron chi connectivity index (χ0n) is 16.5. The SMILES string of the molecule is Cc1ccccc1C(=O)NCCC(=O)N1CCCC(c2nnc3ccccn23)C1. The van der Waals surface area contributed by atoms with Crippen LogP contribution in [0.3, 0.4) is 0 Å². The zero-order valence-corrected chi connectivity index (χ0v) is 16.5. The molecule has 0 saturated carbocycles. The molecule has 0 bridgehead atoms. The van der Waals surface area contributed by atoms with Crippen LogP contribution in [0.15, 0.2) is 48.7 Å². The highest BCUT2D eigenvalue weighted by atomic mass is 16.2. The maximum atomic E-state index is 12.7.